The average Bonchev–Trinajstić information content (AvgIpc) is 1.65. The zero-order valence-electron chi connectivity index (χ0n) is 4.39. The van der Waals surface area contributed by atoms with E-state index >= 15 is 0 Å². The van der Waals surface area contributed by atoms with Gasteiger partial charge in [0.2, 0.25) is 5.91 Å². The molecule has 4 N–H and O–H groups in total. The Morgan fingerprint density at radius 1 is 1.88 bits per heavy atom. The molecule has 0 unspecified atom stereocenters. The van der Waals surface area contributed by atoms with Crippen molar-refractivity contribution in [3.63, 3.8) is 0 Å². The standard InChI is InChI=1S/C3H7N3OS/c1-2(7)6-3(4)8-5/h5H2,1H3,(H2,4,6,7). The predicted octanol–water partition coefficient (Wildman–Crippen LogP) is -0.336. The molecule has 4 nitrogen and oxygen atoms in total. The van der Waals surface area contributed by atoms with E-state index in [0.29, 0.717) is 11.9 Å². The molecule has 0 radical (unpaired) electrons. The van der Waals surface area contributed by atoms with E-state index in [0.717, 1.165) is 0 Å². The summed E-state index contributed by atoms with van der Waals surface area (Å²) < 4.78 is 0. The van der Waals surface area contributed by atoms with Crippen LogP contribution in [0.25, 0.3) is 0 Å². The largest absolute Gasteiger partial charge is 0.305 e. The van der Waals surface area contributed by atoms with E-state index in [9.17, 15) is 4.79 Å². The smallest absolute Gasteiger partial charge is 0.222 e. The fourth-order valence-electron chi connectivity index (χ4n) is 0.189. The third kappa shape index (κ3) is 3.63. The summed E-state index contributed by atoms with van der Waals surface area (Å²) >= 11 is 0.704. The van der Waals surface area contributed by atoms with Crippen LogP contribution in [-0.2, 0) is 4.79 Å². The summed E-state index contributed by atoms with van der Waals surface area (Å²) in [6, 6.07) is 0. The van der Waals surface area contributed by atoms with Crippen molar-refractivity contribution >= 4 is 23.0 Å². The predicted molar refractivity (Wildman–Crippen MR) is 33.3 cm³/mol. The summed E-state index contributed by atoms with van der Waals surface area (Å²) in [5.41, 5.74) is 0. The Labute approximate surface area is 51.5 Å². The Hall–Kier alpha value is -0.550. The second kappa shape index (κ2) is 3.45. The Morgan fingerprint density at radius 3 is 2.50 bits per heavy atom. The fraction of sp³-hybridized carbons (Fsp3) is 0.333. The van der Waals surface area contributed by atoms with Crippen LogP contribution in [0.1, 0.15) is 6.92 Å². The van der Waals surface area contributed by atoms with Gasteiger partial charge in [-0.05, 0) is 11.9 Å². The summed E-state index contributed by atoms with van der Waals surface area (Å²) in [6.07, 6.45) is 0. The normalized spacial score (nSPS) is 8.25. The third-order valence-electron chi connectivity index (χ3n) is 0.407. The van der Waals surface area contributed by atoms with E-state index in [1.165, 1.54) is 6.92 Å². The summed E-state index contributed by atoms with van der Waals surface area (Å²) in [7, 11) is 0. The SMILES string of the molecule is CC(=O)NC(=N)SN. The van der Waals surface area contributed by atoms with Gasteiger partial charge < -0.3 is 5.32 Å². The number of carbonyl (C=O) groups is 1. The van der Waals surface area contributed by atoms with Gasteiger partial charge in [-0.3, -0.25) is 15.3 Å². The molecule has 0 saturated carbocycles. The van der Waals surface area contributed by atoms with Crippen LogP contribution in [0.3, 0.4) is 0 Å². The Bertz CT molecular complexity index is 113. The van der Waals surface area contributed by atoms with Crippen molar-refractivity contribution < 1.29 is 4.79 Å². The highest BCUT2D eigenvalue weighted by molar-refractivity contribution is 8.11. The van der Waals surface area contributed by atoms with Crippen molar-refractivity contribution in [2.24, 2.45) is 5.14 Å². The summed E-state index contributed by atoms with van der Waals surface area (Å²) in [5, 5.41) is 13.8. The molecule has 0 atom stereocenters. The Kier molecular flexibility index (Phi) is 3.21. The van der Waals surface area contributed by atoms with Gasteiger partial charge in [0, 0.05) is 6.92 Å². The van der Waals surface area contributed by atoms with Gasteiger partial charge in [0.05, 0.1) is 0 Å². The highest BCUT2D eigenvalue weighted by Crippen LogP contribution is 1.82. The van der Waals surface area contributed by atoms with Crippen LogP contribution in [0, 0.1) is 5.41 Å². The molecule has 0 fully saturated rings. The molecular formula is C3H7N3OS. The van der Waals surface area contributed by atoms with Gasteiger partial charge in [0.25, 0.3) is 0 Å². The van der Waals surface area contributed by atoms with E-state index in [4.69, 9.17) is 10.5 Å². The second-order valence-electron chi connectivity index (χ2n) is 1.13. The fourth-order valence-corrected chi connectivity index (χ4v) is 0.392. The molecule has 8 heavy (non-hydrogen) atoms. The van der Waals surface area contributed by atoms with Crippen molar-refractivity contribution in [2.75, 3.05) is 0 Å². The van der Waals surface area contributed by atoms with Crippen molar-refractivity contribution in [3.05, 3.63) is 0 Å². The molecule has 0 aromatic heterocycles. The molecule has 0 aliphatic heterocycles. The first-order chi connectivity index (χ1) is 3.66. The third-order valence-corrected chi connectivity index (χ3v) is 0.745. The zero-order chi connectivity index (χ0) is 6.57. The lowest BCUT2D eigenvalue weighted by Gasteiger charge is -1.95. The Morgan fingerprint density at radius 2 is 2.38 bits per heavy atom. The Balaban J connectivity index is 3.40. The monoisotopic (exact) mass is 133 g/mol. The van der Waals surface area contributed by atoms with Crippen LogP contribution in [0.4, 0.5) is 0 Å². The first-order valence-electron chi connectivity index (χ1n) is 1.89. The van der Waals surface area contributed by atoms with Crippen molar-refractivity contribution in [1.82, 2.24) is 5.32 Å². The highest BCUT2D eigenvalue weighted by atomic mass is 32.2. The number of carbonyl (C=O) groups excluding carboxylic acids is 1. The van der Waals surface area contributed by atoms with E-state index in [1.54, 1.807) is 0 Å². The van der Waals surface area contributed by atoms with Crippen LogP contribution in [0.15, 0.2) is 0 Å². The lowest BCUT2D eigenvalue weighted by atomic mass is 10.7. The van der Waals surface area contributed by atoms with Gasteiger partial charge in [-0.1, -0.05) is 0 Å². The lowest BCUT2D eigenvalue weighted by molar-refractivity contribution is -0.117. The minimum absolute atomic E-state index is 0.0301. The zero-order valence-corrected chi connectivity index (χ0v) is 5.21. The molecule has 0 aliphatic rings. The maximum absolute atomic E-state index is 10.1. The molecule has 1 amide bonds. The summed E-state index contributed by atoms with van der Waals surface area (Å²) in [4.78, 5) is 10.1. The molecule has 5 heteroatoms. The van der Waals surface area contributed by atoms with Gasteiger partial charge in [-0.15, -0.1) is 0 Å². The minimum atomic E-state index is -0.270. The maximum Gasteiger partial charge on any atom is 0.222 e. The minimum Gasteiger partial charge on any atom is -0.305 e. The van der Waals surface area contributed by atoms with Crippen molar-refractivity contribution in [1.29, 1.82) is 5.41 Å². The number of rotatable bonds is 0. The molecule has 0 bridgehead atoms. The number of nitrogens with two attached hydrogens (primary N) is 1. The van der Waals surface area contributed by atoms with Gasteiger partial charge in [0.15, 0.2) is 5.17 Å². The molecule has 0 aromatic carbocycles. The van der Waals surface area contributed by atoms with Crippen LogP contribution in [0.2, 0.25) is 0 Å². The molecule has 0 aliphatic carbocycles. The number of amidine groups is 1. The lowest BCUT2D eigenvalue weighted by Crippen LogP contribution is -2.25. The summed E-state index contributed by atoms with van der Waals surface area (Å²) in [5.74, 6) is -0.270. The molecule has 0 spiro atoms. The van der Waals surface area contributed by atoms with Gasteiger partial charge >= 0.3 is 0 Å². The molecule has 0 aromatic rings. The topological polar surface area (TPSA) is 79.0 Å². The number of hydrogen-bond acceptors (Lipinski definition) is 4. The van der Waals surface area contributed by atoms with Crippen LogP contribution in [-0.4, -0.2) is 11.1 Å². The van der Waals surface area contributed by atoms with Gasteiger partial charge in [-0.25, -0.2) is 0 Å². The van der Waals surface area contributed by atoms with E-state index in [1.807, 2.05) is 0 Å². The van der Waals surface area contributed by atoms with Crippen LogP contribution in [0.5, 0.6) is 0 Å². The number of hydrogen-bond donors (Lipinski definition) is 3. The van der Waals surface area contributed by atoms with E-state index in [-0.39, 0.29) is 11.1 Å². The van der Waals surface area contributed by atoms with Crippen LogP contribution < -0.4 is 10.5 Å². The first-order valence-corrected chi connectivity index (χ1v) is 2.77. The van der Waals surface area contributed by atoms with Crippen molar-refractivity contribution in [2.45, 2.75) is 6.92 Å². The molecule has 46 valence electrons. The van der Waals surface area contributed by atoms with E-state index in [2.05, 4.69) is 5.32 Å². The molecule has 0 rings (SSSR count). The quantitative estimate of drug-likeness (QED) is 0.240. The second-order valence-corrected chi connectivity index (χ2v) is 1.77. The van der Waals surface area contributed by atoms with Gasteiger partial charge in [-0.2, -0.15) is 0 Å². The van der Waals surface area contributed by atoms with E-state index < -0.39 is 0 Å². The first kappa shape index (κ1) is 7.45. The molecular weight excluding hydrogens is 126 g/mol. The summed E-state index contributed by atoms with van der Waals surface area (Å²) in [6.45, 7) is 1.32. The van der Waals surface area contributed by atoms with Gasteiger partial charge in [0.1, 0.15) is 0 Å². The average molecular weight is 133 g/mol. The number of nitrogens with one attached hydrogen (secondary N) is 2. The maximum atomic E-state index is 10.1. The van der Waals surface area contributed by atoms with Crippen molar-refractivity contribution in [3.8, 4) is 0 Å². The van der Waals surface area contributed by atoms with Crippen LogP contribution >= 0.6 is 11.9 Å². The molecule has 0 heterocycles. The highest BCUT2D eigenvalue weighted by Gasteiger charge is 1.93. The number of amides is 1. The molecule has 0 saturated heterocycles.